The highest BCUT2D eigenvalue weighted by molar-refractivity contribution is 6.34. The van der Waals surface area contributed by atoms with Gasteiger partial charge < -0.3 is 24.3 Å². The van der Waals surface area contributed by atoms with E-state index in [1.54, 1.807) is 32.0 Å². The number of hydrogen-bond donors (Lipinski definition) is 1. The lowest BCUT2D eigenvalue weighted by Gasteiger charge is -2.18. The zero-order chi connectivity index (χ0) is 26.0. The Morgan fingerprint density at radius 1 is 0.857 bits per heavy atom. The number of ketones is 1. The van der Waals surface area contributed by atoms with Gasteiger partial charge in [-0.25, -0.2) is 0 Å². The van der Waals surface area contributed by atoms with Crippen LogP contribution in [0.15, 0.2) is 34.5 Å². The Morgan fingerprint density at radius 3 is 2.06 bits per heavy atom. The highest BCUT2D eigenvalue weighted by Gasteiger charge is 2.27. The molecule has 0 aliphatic rings. The van der Waals surface area contributed by atoms with E-state index in [4.69, 9.17) is 42.1 Å². The van der Waals surface area contributed by atoms with Crippen molar-refractivity contribution in [2.45, 2.75) is 40.7 Å². The quantitative estimate of drug-likeness (QED) is 0.244. The highest BCUT2D eigenvalue weighted by Crippen LogP contribution is 2.41. The van der Waals surface area contributed by atoms with Crippen LogP contribution in [-0.2, 0) is 9.59 Å². The second-order valence-corrected chi connectivity index (χ2v) is 7.76. The first-order valence-corrected chi connectivity index (χ1v) is 11.9. The highest BCUT2D eigenvalue weighted by atomic mass is 35.5. The molecule has 1 N–H and O–H groups in total. The van der Waals surface area contributed by atoms with Gasteiger partial charge in [0.2, 0.25) is 6.04 Å². The van der Waals surface area contributed by atoms with Crippen molar-refractivity contribution < 1.29 is 28.5 Å². The number of ether oxygens (including phenoxy) is 4. The van der Waals surface area contributed by atoms with E-state index >= 15 is 0 Å². The van der Waals surface area contributed by atoms with Gasteiger partial charge in [0.05, 0.1) is 36.5 Å². The van der Waals surface area contributed by atoms with E-state index < -0.39 is 17.7 Å². The summed E-state index contributed by atoms with van der Waals surface area (Å²) in [5, 5.41) is 11.3. The van der Waals surface area contributed by atoms with Gasteiger partial charge in [0.1, 0.15) is 22.9 Å². The first kappa shape index (κ1) is 28.2. The number of carbonyl (C=O) groups excluding carboxylic acids is 2. The molecule has 9 nitrogen and oxygen atoms in total. The molecule has 0 bridgehead atoms. The van der Waals surface area contributed by atoms with E-state index in [1.807, 2.05) is 13.8 Å². The first-order chi connectivity index (χ1) is 16.8. The zero-order valence-corrected chi connectivity index (χ0v) is 21.8. The summed E-state index contributed by atoms with van der Waals surface area (Å²) in [7, 11) is 0. The Bertz CT molecular complexity index is 1080. The number of rotatable bonds is 13. The number of halogens is 2. The molecule has 35 heavy (non-hydrogen) atoms. The molecule has 0 aliphatic carbocycles. The number of carbonyl (C=O) groups is 2. The van der Waals surface area contributed by atoms with Gasteiger partial charge in [-0.3, -0.25) is 9.59 Å². The van der Waals surface area contributed by atoms with E-state index in [2.05, 4.69) is 15.5 Å². The standard InChI is InChI=1S/C24H29Cl2N3O6/c1-6-32-18-11-10-15(25)22(23(18)35-9-4)27-24(31)21(14(5)30)29-28-17-13-19(33-7-2)16(26)12-20(17)34-8-3/h10-13,21H,6-9H2,1-5H3,(H,27,31). The van der Waals surface area contributed by atoms with Crippen LogP contribution in [0.3, 0.4) is 0 Å². The predicted molar refractivity (Wildman–Crippen MR) is 135 cm³/mol. The van der Waals surface area contributed by atoms with E-state index in [0.29, 0.717) is 48.7 Å². The zero-order valence-electron chi connectivity index (χ0n) is 20.3. The molecule has 2 rings (SSSR count). The number of hydrogen-bond acceptors (Lipinski definition) is 8. The number of nitrogens with zero attached hydrogens (tertiary/aromatic N) is 2. The fourth-order valence-corrected chi connectivity index (χ4v) is 3.39. The number of azo groups is 1. The minimum absolute atomic E-state index is 0.172. The maximum atomic E-state index is 13.1. The molecule has 0 aliphatic heterocycles. The van der Waals surface area contributed by atoms with Crippen LogP contribution in [0, 0.1) is 0 Å². The summed E-state index contributed by atoms with van der Waals surface area (Å²) < 4.78 is 22.3. The van der Waals surface area contributed by atoms with Crippen molar-refractivity contribution in [3.63, 3.8) is 0 Å². The topological polar surface area (TPSA) is 108 Å². The molecule has 2 aromatic carbocycles. The largest absolute Gasteiger partial charge is 0.492 e. The van der Waals surface area contributed by atoms with E-state index in [0.717, 1.165) is 0 Å². The van der Waals surface area contributed by atoms with Crippen molar-refractivity contribution >= 4 is 46.3 Å². The molecule has 1 unspecified atom stereocenters. The van der Waals surface area contributed by atoms with Crippen molar-refractivity contribution in [1.29, 1.82) is 0 Å². The van der Waals surface area contributed by atoms with Gasteiger partial charge in [0, 0.05) is 12.1 Å². The van der Waals surface area contributed by atoms with Crippen LogP contribution in [0.2, 0.25) is 10.0 Å². The van der Waals surface area contributed by atoms with Crippen molar-refractivity contribution in [1.82, 2.24) is 0 Å². The third kappa shape index (κ3) is 7.47. The minimum Gasteiger partial charge on any atom is -0.492 e. The van der Waals surface area contributed by atoms with Crippen molar-refractivity contribution in [2.24, 2.45) is 10.2 Å². The average Bonchev–Trinajstić information content (AvgIpc) is 2.81. The molecule has 2 aromatic rings. The second-order valence-electron chi connectivity index (χ2n) is 6.95. The third-order valence-electron chi connectivity index (χ3n) is 4.43. The van der Waals surface area contributed by atoms with E-state index in [-0.39, 0.29) is 22.1 Å². The Hall–Kier alpha value is -3.04. The number of benzene rings is 2. The predicted octanol–water partition coefficient (Wildman–Crippen LogP) is 6.27. The number of amides is 1. The van der Waals surface area contributed by atoms with Gasteiger partial charge in [-0.1, -0.05) is 23.2 Å². The van der Waals surface area contributed by atoms with Gasteiger partial charge in [-0.05, 0) is 46.8 Å². The van der Waals surface area contributed by atoms with Crippen LogP contribution in [0.25, 0.3) is 0 Å². The van der Waals surface area contributed by atoms with Crippen LogP contribution >= 0.6 is 23.2 Å². The van der Waals surface area contributed by atoms with Gasteiger partial charge >= 0.3 is 0 Å². The van der Waals surface area contributed by atoms with Gasteiger partial charge in [-0.2, -0.15) is 10.2 Å². The average molecular weight is 526 g/mol. The summed E-state index contributed by atoms with van der Waals surface area (Å²) >= 11 is 12.6. The number of nitrogens with one attached hydrogen (secondary N) is 1. The summed E-state index contributed by atoms with van der Waals surface area (Å²) in [5.74, 6) is 0.0934. The number of anilines is 1. The maximum absolute atomic E-state index is 13.1. The lowest BCUT2D eigenvalue weighted by atomic mass is 10.2. The molecule has 11 heteroatoms. The van der Waals surface area contributed by atoms with Crippen LogP contribution in [0.5, 0.6) is 23.0 Å². The van der Waals surface area contributed by atoms with Crippen LogP contribution in [0.4, 0.5) is 11.4 Å². The lowest BCUT2D eigenvalue weighted by Crippen LogP contribution is -2.32. The fourth-order valence-electron chi connectivity index (χ4n) is 2.98. The van der Waals surface area contributed by atoms with Crippen LogP contribution < -0.4 is 24.3 Å². The van der Waals surface area contributed by atoms with Crippen molar-refractivity contribution in [3.05, 3.63) is 34.3 Å². The SMILES string of the molecule is CCOc1cc(N=NC(C(C)=O)C(=O)Nc2c(Cl)ccc(OCC)c2OCC)c(OCC)cc1Cl. The molecular weight excluding hydrogens is 497 g/mol. The third-order valence-corrected chi connectivity index (χ3v) is 5.05. The Balaban J connectivity index is 2.42. The molecule has 1 atom stereocenters. The lowest BCUT2D eigenvalue weighted by molar-refractivity contribution is -0.126. The Labute approximate surface area is 214 Å². The fraction of sp³-hybridized carbons (Fsp3) is 0.417. The molecule has 0 spiro atoms. The summed E-state index contributed by atoms with van der Waals surface area (Å²) in [4.78, 5) is 25.4. The maximum Gasteiger partial charge on any atom is 0.258 e. The van der Waals surface area contributed by atoms with Crippen molar-refractivity contribution in [3.8, 4) is 23.0 Å². The molecular formula is C24H29Cl2N3O6. The smallest absolute Gasteiger partial charge is 0.258 e. The second kappa shape index (κ2) is 13.7. The van der Waals surface area contributed by atoms with E-state index in [9.17, 15) is 9.59 Å². The van der Waals surface area contributed by atoms with Gasteiger partial charge in [0.25, 0.3) is 5.91 Å². The Morgan fingerprint density at radius 2 is 1.46 bits per heavy atom. The minimum atomic E-state index is -1.46. The normalized spacial score (nSPS) is 11.7. The van der Waals surface area contributed by atoms with Crippen molar-refractivity contribution in [2.75, 3.05) is 31.7 Å². The number of Topliss-reactive ketones (excluding diaryl/α,β-unsaturated/α-hetero) is 1. The Kier molecular flexibility index (Phi) is 11.1. The molecule has 0 saturated carbocycles. The summed E-state index contributed by atoms with van der Waals surface area (Å²) in [5.41, 5.74) is 0.427. The van der Waals surface area contributed by atoms with Crippen LogP contribution in [-0.4, -0.2) is 44.2 Å². The monoisotopic (exact) mass is 525 g/mol. The molecule has 0 heterocycles. The summed E-state index contributed by atoms with van der Waals surface area (Å²) in [6, 6.07) is 4.82. The molecule has 0 radical (unpaired) electrons. The van der Waals surface area contributed by atoms with Gasteiger partial charge in [-0.15, -0.1) is 0 Å². The molecule has 0 aromatic heterocycles. The van der Waals surface area contributed by atoms with Gasteiger partial charge in [0.15, 0.2) is 17.3 Å². The molecule has 0 saturated heterocycles. The molecule has 190 valence electrons. The molecule has 0 fully saturated rings. The van der Waals surface area contributed by atoms with Crippen LogP contribution in [0.1, 0.15) is 34.6 Å². The summed E-state index contributed by atoms with van der Waals surface area (Å²) in [6.45, 7) is 9.86. The van der Waals surface area contributed by atoms with E-state index in [1.165, 1.54) is 13.0 Å². The molecule has 1 amide bonds. The first-order valence-electron chi connectivity index (χ1n) is 11.2. The summed E-state index contributed by atoms with van der Waals surface area (Å²) in [6.07, 6.45) is 0.